The standard InChI is InChI=1S/C12H12ClFN2/c1-2-5-15-11-4-3-8-6-9(13)7-10(14)12(8)16-11/h3-4,6-7H,2,5H2,1H3,(H,15,16). The molecule has 2 aromatic rings. The Morgan fingerprint density at radius 2 is 2.19 bits per heavy atom. The lowest BCUT2D eigenvalue weighted by molar-refractivity contribution is 0.637. The van der Waals surface area contributed by atoms with Crippen LogP contribution in [0.25, 0.3) is 10.9 Å². The minimum Gasteiger partial charge on any atom is -0.370 e. The van der Waals surface area contributed by atoms with Crippen molar-refractivity contribution in [3.8, 4) is 0 Å². The normalized spacial score (nSPS) is 10.7. The van der Waals surface area contributed by atoms with Gasteiger partial charge in [-0.1, -0.05) is 18.5 Å². The van der Waals surface area contributed by atoms with E-state index < -0.39 is 0 Å². The summed E-state index contributed by atoms with van der Waals surface area (Å²) in [5.74, 6) is 0.304. The van der Waals surface area contributed by atoms with Gasteiger partial charge in [-0.15, -0.1) is 0 Å². The second-order valence-electron chi connectivity index (χ2n) is 3.58. The molecule has 0 saturated carbocycles. The maximum absolute atomic E-state index is 13.6. The number of benzene rings is 1. The molecule has 4 heteroatoms. The number of aromatic nitrogens is 1. The summed E-state index contributed by atoms with van der Waals surface area (Å²) in [5.41, 5.74) is 0.352. The number of hydrogen-bond acceptors (Lipinski definition) is 2. The van der Waals surface area contributed by atoms with E-state index in [-0.39, 0.29) is 5.82 Å². The van der Waals surface area contributed by atoms with E-state index in [2.05, 4.69) is 17.2 Å². The number of hydrogen-bond donors (Lipinski definition) is 1. The maximum Gasteiger partial charge on any atom is 0.150 e. The van der Waals surface area contributed by atoms with Crippen molar-refractivity contribution in [2.24, 2.45) is 0 Å². The predicted octanol–water partition coefficient (Wildman–Crippen LogP) is 3.85. The third-order valence-electron chi connectivity index (χ3n) is 2.27. The van der Waals surface area contributed by atoms with Crippen LogP contribution in [0.4, 0.5) is 10.2 Å². The van der Waals surface area contributed by atoms with Crippen molar-refractivity contribution in [1.82, 2.24) is 4.98 Å². The molecule has 0 bridgehead atoms. The second kappa shape index (κ2) is 4.66. The average Bonchev–Trinajstić information content (AvgIpc) is 2.26. The van der Waals surface area contributed by atoms with E-state index in [9.17, 15) is 4.39 Å². The fourth-order valence-corrected chi connectivity index (χ4v) is 1.72. The monoisotopic (exact) mass is 238 g/mol. The molecule has 0 radical (unpaired) electrons. The summed E-state index contributed by atoms with van der Waals surface area (Å²) < 4.78 is 13.6. The lowest BCUT2D eigenvalue weighted by Gasteiger charge is -2.06. The third kappa shape index (κ3) is 2.25. The van der Waals surface area contributed by atoms with E-state index in [0.29, 0.717) is 21.7 Å². The van der Waals surface area contributed by atoms with Gasteiger partial charge in [-0.05, 0) is 30.7 Å². The van der Waals surface area contributed by atoms with E-state index in [1.807, 2.05) is 12.1 Å². The molecule has 0 atom stereocenters. The minimum atomic E-state index is -0.386. The van der Waals surface area contributed by atoms with Gasteiger partial charge < -0.3 is 5.32 Å². The number of anilines is 1. The van der Waals surface area contributed by atoms with Crippen LogP contribution < -0.4 is 5.32 Å². The lowest BCUT2D eigenvalue weighted by atomic mass is 10.2. The average molecular weight is 239 g/mol. The highest BCUT2D eigenvalue weighted by molar-refractivity contribution is 6.31. The van der Waals surface area contributed by atoms with Crippen LogP contribution in [0.15, 0.2) is 24.3 Å². The van der Waals surface area contributed by atoms with E-state index in [1.54, 1.807) is 6.07 Å². The quantitative estimate of drug-likeness (QED) is 0.879. The summed E-state index contributed by atoms with van der Waals surface area (Å²) in [4.78, 5) is 4.21. The summed E-state index contributed by atoms with van der Waals surface area (Å²) in [6, 6.07) is 6.63. The van der Waals surface area contributed by atoms with E-state index >= 15 is 0 Å². The molecule has 0 fully saturated rings. The summed E-state index contributed by atoms with van der Waals surface area (Å²) in [6.07, 6.45) is 1.00. The zero-order valence-electron chi connectivity index (χ0n) is 8.93. The Balaban J connectivity index is 2.45. The molecule has 0 unspecified atom stereocenters. The molecule has 0 saturated heterocycles. The van der Waals surface area contributed by atoms with Crippen molar-refractivity contribution in [2.45, 2.75) is 13.3 Å². The third-order valence-corrected chi connectivity index (χ3v) is 2.49. The van der Waals surface area contributed by atoms with Gasteiger partial charge in [0.1, 0.15) is 11.3 Å². The second-order valence-corrected chi connectivity index (χ2v) is 4.02. The zero-order chi connectivity index (χ0) is 11.5. The molecule has 1 aromatic carbocycles. The Labute approximate surface area is 98.4 Å². The Bertz CT molecular complexity index is 514. The van der Waals surface area contributed by atoms with Gasteiger partial charge in [0.05, 0.1) is 0 Å². The number of pyridine rings is 1. The highest BCUT2D eigenvalue weighted by atomic mass is 35.5. The summed E-state index contributed by atoms with van der Waals surface area (Å²) in [6.45, 7) is 2.89. The van der Waals surface area contributed by atoms with Gasteiger partial charge in [-0.3, -0.25) is 0 Å². The van der Waals surface area contributed by atoms with Crippen molar-refractivity contribution < 1.29 is 4.39 Å². The highest BCUT2D eigenvalue weighted by Gasteiger charge is 2.05. The van der Waals surface area contributed by atoms with Gasteiger partial charge in [-0.2, -0.15) is 0 Å². The molecular formula is C12H12ClFN2. The van der Waals surface area contributed by atoms with Crippen LogP contribution in [0.3, 0.4) is 0 Å². The Hall–Kier alpha value is -1.35. The van der Waals surface area contributed by atoms with Crippen LogP contribution in [0.2, 0.25) is 5.02 Å². The largest absolute Gasteiger partial charge is 0.370 e. The molecule has 2 nitrogen and oxygen atoms in total. The van der Waals surface area contributed by atoms with Gasteiger partial charge >= 0.3 is 0 Å². The molecule has 0 spiro atoms. The SMILES string of the molecule is CCCNc1ccc2cc(Cl)cc(F)c2n1. The molecule has 16 heavy (non-hydrogen) atoms. The number of fused-ring (bicyclic) bond motifs is 1. The topological polar surface area (TPSA) is 24.9 Å². The molecular weight excluding hydrogens is 227 g/mol. The van der Waals surface area contributed by atoms with Crippen molar-refractivity contribution >= 4 is 28.3 Å². The number of nitrogens with zero attached hydrogens (tertiary/aromatic N) is 1. The first-order valence-electron chi connectivity index (χ1n) is 5.20. The predicted molar refractivity (Wildman–Crippen MR) is 65.5 cm³/mol. The van der Waals surface area contributed by atoms with Crippen molar-refractivity contribution in [3.63, 3.8) is 0 Å². The van der Waals surface area contributed by atoms with Gasteiger partial charge in [0.15, 0.2) is 5.82 Å². The first-order valence-corrected chi connectivity index (χ1v) is 5.58. The molecule has 1 heterocycles. The Morgan fingerprint density at radius 1 is 1.38 bits per heavy atom. The van der Waals surface area contributed by atoms with Crippen LogP contribution in [0.5, 0.6) is 0 Å². The highest BCUT2D eigenvalue weighted by Crippen LogP contribution is 2.22. The van der Waals surface area contributed by atoms with Crippen LogP contribution in [0, 0.1) is 5.82 Å². The molecule has 1 aromatic heterocycles. The van der Waals surface area contributed by atoms with E-state index in [4.69, 9.17) is 11.6 Å². The van der Waals surface area contributed by atoms with Crippen molar-refractivity contribution in [2.75, 3.05) is 11.9 Å². The Morgan fingerprint density at radius 3 is 2.94 bits per heavy atom. The summed E-state index contributed by atoms with van der Waals surface area (Å²) in [5, 5.41) is 4.22. The molecule has 0 amide bonds. The van der Waals surface area contributed by atoms with Crippen LogP contribution in [0.1, 0.15) is 13.3 Å². The lowest BCUT2D eigenvalue weighted by Crippen LogP contribution is -2.01. The number of nitrogens with one attached hydrogen (secondary N) is 1. The van der Waals surface area contributed by atoms with Gasteiger partial charge in [0.25, 0.3) is 0 Å². The first-order chi connectivity index (χ1) is 7.70. The fourth-order valence-electron chi connectivity index (χ4n) is 1.51. The van der Waals surface area contributed by atoms with Gasteiger partial charge in [0, 0.05) is 17.0 Å². The molecule has 1 N–H and O–H groups in total. The van der Waals surface area contributed by atoms with Gasteiger partial charge in [-0.25, -0.2) is 9.37 Å². The smallest absolute Gasteiger partial charge is 0.150 e. The number of halogens is 2. The number of rotatable bonds is 3. The molecule has 0 aliphatic heterocycles. The maximum atomic E-state index is 13.6. The Kier molecular flexibility index (Phi) is 3.25. The summed E-state index contributed by atoms with van der Waals surface area (Å²) in [7, 11) is 0. The molecule has 0 aliphatic rings. The van der Waals surface area contributed by atoms with Crippen LogP contribution in [-0.2, 0) is 0 Å². The molecule has 84 valence electrons. The van der Waals surface area contributed by atoms with Crippen molar-refractivity contribution in [3.05, 3.63) is 35.1 Å². The first kappa shape index (κ1) is 11.1. The zero-order valence-corrected chi connectivity index (χ0v) is 9.68. The van der Waals surface area contributed by atoms with Gasteiger partial charge in [0.2, 0.25) is 0 Å². The molecule has 2 rings (SSSR count). The molecule has 0 aliphatic carbocycles. The minimum absolute atomic E-state index is 0.352. The summed E-state index contributed by atoms with van der Waals surface area (Å²) >= 11 is 5.76. The van der Waals surface area contributed by atoms with E-state index in [1.165, 1.54) is 6.07 Å². The van der Waals surface area contributed by atoms with Crippen LogP contribution in [-0.4, -0.2) is 11.5 Å². The van der Waals surface area contributed by atoms with Crippen LogP contribution >= 0.6 is 11.6 Å². The van der Waals surface area contributed by atoms with Crippen molar-refractivity contribution in [1.29, 1.82) is 0 Å². The fraction of sp³-hybridized carbons (Fsp3) is 0.250. The van der Waals surface area contributed by atoms with E-state index in [0.717, 1.165) is 13.0 Å².